The molecule has 0 amide bonds. The van der Waals surface area contributed by atoms with Gasteiger partial charge in [0.15, 0.2) is 5.78 Å². The van der Waals surface area contributed by atoms with Crippen LogP contribution in [0.2, 0.25) is 0 Å². The maximum atomic E-state index is 11.9. The number of phenolic OH excluding ortho intramolecular Hbond substituents is 1. The van der Waals surface area contributed by atoms with Crippen molar-refractivity contribution in [2.45, 2.75) is 54.0 Å². The average Bonchev–Trinajstić information content (AvgIpc) is 2.29. The second-order valence-electron chi connectivity index (χ2n) is 6.82. The van der Waals surface area contributed by atoms with Crippen molar-refractivity contribution in [2.75, 3.05) is 0 Å². The van der Waals surface area contributed by atoms with Crippen molar-refractivity contribution < 1.29 is 9.90 Å². The van der Waals surface area contributed by atoms with Crippen LogP contribution in [0.25, 0.3) is 0 Å². The van der Waals surface area contributed by atoms with Gasteiger partial charge in [-0.05, 0) is 30.0 Å². The summed E-state index contributed by atoms with van der Waals surface area (Å²) in [6.07, 6.45) is 0.510. The quantitative estimate of drug-likeness (QED) is 0.889. The molecule has 3 N–H and O–H groups in total. The molecule has 0 saturated carbocycles. The highest BCUT2D eigenvalue weighted by Gasteiger charge is 2.26. The summed E-state index contributed by atoms with van der Waals surface area (Å²) >= 11 is 0. The Morgan fingerprint density at radius 2 is 1.55 bits per heavy atom. The van der Waals surface area contributed by atoms with Gasteiger partial charge in [-0.2, -0.15) is 0 Å². The zero-order chi connectivity index (χ0) is 15.9. The molecule has 0 spiro atoms. The highest BCUT2D eigenvalue weighted by atomic mass is 16.3. The Kier molecular flexibility index (Phi) is 7.51. The number of hydrogen-bond donors (Lipinski definition) is 2. The largest absolute Gasteiger partial charge is 0.508 e. The van der Waals surface area contributed by atoms with Gasteiger partial charge < -0.3 is 10.8 Å². The van der Waals surface area contributed by atoms with Crippen LogP contribution in [0.4, 0.5) is 0 Å². The highest BCUT2D eigenvalue weighted by Crippen LogP contribution is 2.18. The van der Waals surface area contributed by atoms with E-state index in [1.165, 1.54) is 0 Å². The number of ketones is 1. The molecule has 0 unspecified atom stereocenters. The number of aromatic hydroxyl groups is 1. The molecule has 0 aliphatic carbocycles. The number of hydrogen-bond acceptors (Lipinski definition) is 3. The van der Waals surface area contributed by atoms with Crippen LogP contribution in [-0.4, -0.2) is 16.9 Å². The minimum Gasteiger partial charge on any atom is -0.508 e. The summed E-state index contributed by atoms with van der Waals surface area (Å²) in [5.41, 5.74) is 6.42. The SMILES string of the molecule is CC(C)(C)C(=O)[C@@H](N)Cc1ccc(O)cc1.CC(C)C. The van der Waals surface area contributed by atoms with Crippen LogP contribution in [0.5, 0.6) is 5.75 Å². The highest BCUT2D eigenvalue weighted by molar-refractivity contribution is 5.88. The zero-order valence-electron chi connectivity index (χ0n) is 13.6. The van der Waals surface area contributed by atoms with Gasteiger partial charge in [-0.1, -0.05) is 53.7 Å². The Morgan fingerprint density at radius 3 is 1.90 bits per heavy atom. The fourth-order valence-corrected chi connectivity index (χ4v) is 1.53. The minimum atomic E-state index is -0.482. The first-order chi connectivity index (χ1) is 9.04. The molecular weight excluding hydrogens is 250 g/mol. The number of rotatable bonds is 3. The number of carbonyl (C=O) groups excluding carboxylic acids is 1. The van der Waals surface area contributed by atoms with Gasteiger partial charge in [-0.25, -0.2) is 0 Å². The molecule has 0 heterocycles. The van der Waals surface area contributed by atoms with Gasteiger partial charge >= 0.3 is 0 Å². The maximum Gasteiger partial charge on any atom is 0.155 e. The first kappa shape index (κ1) is 18.7. The van der Waals surface area contributed by atoms with Crippen molar-refractivity contribution in [2.24, 2.45) is 17.1 Å². The Balaban J connectivity index is 0.000000796. The number of phenols is 1. The molecule has 0 radical (unpaired) electrons. The second kappa shape index (κ2) is 8.05. The van der Waals surface area contributed by atoms with Crippen LogP contribution in [0.3, 0.4) is 0 Å². The summed E-state index contributed by atoms with van der Waals surface area (Å²) < 4.78 is 0. The van der Waals surface area contributed by atoms with Gasteiger partial charge in [0.25, 0.3) is 0 Å². The summed E-state index contributed by atoms with van der Waals surface area (Å²) in [6.45, 7) is 12.1. The molecule has 1 rings (SSSR count). The fraction of sp³-hybridized carbons (Fsp3) is 0.588. The van der Waals surface area contributed by atoms with Gasteiger partial charge in [0.1, 0.15) is 5.75 Å². The molecule has 0 aliphatic heterocycles. The van der Waals surface area contributed by atoms with Crippen molar-refractivity contribution in [3.05, 3.63) is 29.8 Å². The number of Topliss-reactive ketones (excluding diaryl/α,β-unsaturated/α-hetero) is 1. The molecular formula is C17H29NO2. The number of benzene rings is 1. The molecule has 0 aliphatic rings. The minimum absolute atomic E-state index is 0.0561. The summed E-state index contributed by atoms with van der Waals surface area (Å²) in [4.78, 5) is 11.9. The maximum absolute atomic E-state index is 11.9. The lowest BCUT2D eigenvalue weighted by atomic mass is 9.85. The van der Waals surface area contributed by atoms with Crippen molar-refractivity contribution >= 4 is 5.78 Å². The Labute approximate surface area is 123 Å². The van der Waals surface area contributed by atoms with E-state index in [4.69, 9.17) is 10.8 Å². The van der Waals surface area contributed by atoms with E-state index in [9.17, 15) is 4.79 Å². The third-order valence-electron chi connectivity index (χ3n) is 2.47. The number of carbonyl (C=O) groups is 1. The molecule has 0 bridgehead atoms. The molecule has 1 aromatic rings. The van der Waals surface area contributed by atoms with Crippen molar-refractivity contribution in [3.63, 3.8) is 0 Å². The molecule has 3 heteroatoms. The van der Waals surface area contributed by atoms with E-state index in [0.29, 0.717) is 6.42 Å². The smallest absolute Gasteiger partial charge is 0.155 e. The Bertz CT molecular complexity index is 399. The molecule has 0 saturated heterocycles. The number of nitrogens with two attached hydrogens (primary N) is 1. The predicted molar refractivity (Wildman–Crippen MR) is 84.8 cm³/mol. The van der Waals surface area contributed by atoms with E-state index in [-0.39, 0.29) is 11.5 Å². The van der Waals surface area contributed by atoms with Gasteiger partial charge in [0, 0.05) is 5.41 Å². The van der Waals surface area contributed by atoms with E-state index in [1.54, 1.807) is 24.3 Å². The fourth-order valence-electron chi connectivity index (χ4n) is 1.53. The molecule has 0 fully saturated rings. The zero-order valence-corrected chi connectivity index (χ0v) is 13.6. The van der Waals surface area contributed by atoms with E-state index >= 15 is 0 Å². The summed E-state index contributed by atoms with van der Waals surface area (Å²) in [7, 11) is 0. The van der Waals surface area contributed by atoms with Gasteiger partial charge in [-0.3, -0.25) is 4.79 Å². The average molecular weight is 279 g/mol. The first-order valence-corrected chi connectivity index (χ1v) is 7.11. The van der Waals surface area contributed by atoms with Crippen LogP contribution in [-0.2, 0) is 11.2 Å². The molecule has 3 nitrogen and oxygen atoms in total. The van der Waals surface area contributed by atoms with E-state index in [0.717, 1.165) is 11.5 Å². The lowest BCUT2D eigenvalue weighted by Gasteiger charge is -2.21. The Morgan fingerprint density at radius 1 is 1.15 bits per heavy atom. The topological polar surface area (TPSA) is 63.3 Å². The Hall–Kier alpha value is -1.35. The van der Waals surface area contributed by atoms with E-state index in [2.05, 4.69) is 20.8 Å². The third-order valence-corrected chi connectivity index (χ3v) is 2.47. The lowest BCUT2D eigenvalue weighted by molar-refractivity contribution is -0.127. The van der Waals surface area contributed by atoms with Crippen LogP contribution in [0.1, 0.15) is 47.1 Å². The van der Waals surface area contributed by atoms with Crippen LogP contribution in [0, 0.1) is 11.3 Å². The molecule has 1 aromatic carbocycles. The van der Waals surface area contributed by atoms with E-state index in [1.807, 2.05) is 20.8 Å². The van der Waals surface area contributed by atoms with Gasteiger partial charge in [0.2, 0.25) is 0 Å². The van der Waals surface area contributed by atoms with Crippen molar-refractivity contribution in [1.82, 2.24) is 0 Å². The van der Waals surface area contributed by atoms with Crippen LogP contribution < -0.4 is 5.73 Å². The summed E-state index contributed by atoms with van der Waals surface area (Å²) in [5, 5.41) is 9.13. The van der Waals surface area contributed by atoms with Crippen molar-refractivity contribution in [1.29, 1.82) is 0 Å². The second-order valence-corrected chi connectivity index (χ2v) is 6.82. The predicted octanol–water partition coefficient (Wildman–Crippen LogP) is 3.54. The summed E-state index contributed by atoms with van der Waals surface area (Å²) in [6, 6.07) is 6.29. The monoisotopic (exact) mass is 279 g/mol. The van der Waals surface area contributed by atoms with Crippen LogP contribution in [0.15, 0.2) is 24.3 Å². The summed E-state index contributed by atoms with van der Waals surface area (Å²) in [5.74, 6) is 1.11. The molecule has 0 aromatic heterocycles. The van der Waals surface area contributed by atoms with Crippen LogP contribution >= 0.6 is 0 Å². The molecule has 20 heavy (non-hydrogen) atoms. The van der Waals surface area contributed by atoms with Gasteiger partial charge in [-0.15, -0.1) is 0 Å². The first-order valence-electron chi connectivity index (χ1n) is 7.11. The normalized spacial score (nSPS) is 12.6. The van der Waals surface area contributed by atoms with Crippen molar-refractivity contribution in [3.8, 4) is 5.75 Å². The molecule has 114 valence electrons. The third kappa shape index (κ3) is 7.95. The van der Waals surface area contributed by atoms with E-state index < -0.39 is 11.5 Å². The van der Waals surface area contributed by atoms with Gasteiger partial charge in [0.05, 0.1) is 6.04 Å². The molecule has 1 atom stereocenters. The lowest BCUT2D eigenvalue weighted by Crippen LogP contribution is -2.40. The standard InChI is InChI=1S/C13H19NO2.C4H10/c1-13(2,3)12(16)11(14)8-9-4-6-10(15)7-5-9;1-4(2)3/h4-7,11,15H,8,14H2,1-3H3;4H,1-3H3/t11-;/m0./s1.